The SMILES string of the molecule is O=C(NCc1cc(F)cc(Cl)c1)c1cncc(-c2cc(F)cc(F)c2)c1N1CCC2(CCCN2)C1. The standard InChI is InChI=1S/C26H24ClF3N4O/c27-18-6-16(7-19(28)10-18)12-32-25(35)23-14-31-13-22(17-8-20(29)11-21(30)9-17)24(23)34-5-3-26(15-34)2-1-4-33-26/h6-11,13-14,33H,1-5,12,15H2,(H,32,35). The van der Waals surface area contributed by atoms with Crippen molar-refractivity contribution in [3.8, 4) is 11.1 Å². The summed E-state index contributed by atoms with van der Waals surface area (Å²) < 4.78 is 41.9. The van der Waals surface area contributed by atoms with Gasteiger partial charge in [-0.2, -0.15) is 0 Å². The number of nitrogens with zero attached hydrogens (tertiary/aromatic N) is 2. The number of halogens is 4. The normalized spacial score (nSPS) is 19.5. The molecule has 1 unspecified atom stereocenters. The van der Waals surface area contributed by atoms with Gasteiger partial charge in [0.25, 0.3) is 5.91 Å². The van der Waals surface area contributed by atoms with Crippen molar-refractivity contribution in [2.45, 2.75) is 31.3 Å². The number of amides is 1. The molecule has 2 aliphatic rings. The molecule has 182 valence electrons. The fourth-order valence-corrected chi connectivity index (χ4v) is 5.40. The van der Waals surface area contributed by atoms with Crippen LogP contribution in [0.2, 0.25) is 5.02 Å². The predicted octanol–water partition coefficient (Wildman–Crippen LogP) is 5.08. The van der Waals surface area contributed by atoms with E-state index in [1.54, 1.807) is 6.07 Å². The number of aromatic nitrogens is 1. The minimum absolute atomic E-state index is 0.0419. The van der Waals surface area contributed by atoms with E-state index in [0.29, 0.717) is 35.5 Å². The van der Waals surface area contributed by atoms with Crippen LogP contribution in [0.25, 0.3) is 11.1 Å². The lowest BCUT2D eigenvalue weighted by Crippen LogP contribution is -2.42. The topological polar surface area (TPSA) is 57.3 Å². The number of hydrogen-bond donors (Lipinski definition) is 2. The molecular formula is C26H24ClF3N4O. The van der Waals surface area contributed by atoms with Crippen LogP contribution in [0, 0.1) is 17.5 Å². The molecule has 9 heteroatoms. The number of carbonyl (C=O) groups is 1. The summed E-state index contributed by atoms with van der Waals surface area (Å²) in [7, 11) is 0. The average Bonchev–Trinajstić information content (AvgIpc) is 3.45. The molecule has 2 N–H and O–H groups in total. The highest BCUT2D eigenvalue weighted by Gasteiger charge is 2.41. The lowest BCUT2D eigenvalue weighted by molar-refractivity contribution is 0.0951. The molecule has 0 bridgehead atoms. The lowest BCUT2D eigenvalue weighted by atomic mass is 9.96. The summed E-state index contributed by atoms with van der Waals surface area (Å²) in [6, 6.07) is 7.35. The highest BCUT2D eigenvalue weighted by Crippen LogP contribution is 2.40. The maximum atomic E-state index is 14.1. The Bertz CT molecular complexity index is 1240. The molecule has 1 spiro atoms. The van der Waals surface area contributed by atoms with Gasteiger partial charge < -0.3 is 15.5 Å². The maximum Gasteiger partial charge on any atom is 0.255 e. The molecule has 3 aromatic rings. The van der Waals surface area contributed by atoms with E-state index in [1.807, 2.05) is 0 Å². The predicted molar refractivity (Wildman–Crippen MR) is 129 cm³/mol. The molecule has 35 heavy (non-hydrogen) atoms. The summed E-state index contributed by atoms with van der Waals surface area (Å²) >= 11 is 5.93. The van der Waals surface area contributed by atoms with E-state index >= 15 is 0 Å². The first-order valence-electron chi connectivity index (χ1n) is 11.5. The number of pyridine rings is 1. The zero-order valence-corrected chi connectivity index (χ0v) is 19.6. The first-order chi connectivity index (χ1) is 16.8. The lowest BCUT2D eigenvalue weighted by Gasteiger charge is -2.28. The number of rotatable bonds is 5. The maximum absolute atomic E-state index is 14.1. The first kappa shape index (κ1) is 23.6. The monoisotopic (exact) mass is 500 g/mol. The van der Waals surface area contributed by atoms with Crippen LogP contribution in [0.3, 0.4) is 0 Å². The molecule has 1 atom stereocenters. The number of benzene rings is 2. The molecule has 1 aromatic heterocycles. The number of nitrogens with one attached hydrogen (secondary N) is 2. The van der Waals surface area contributed by atoms with Gasteiger partial charge in [0.1, 0.15) is 17.5 Å². The van der Waals surface area contributed by atoms with Gasteiger partial charge in [0.2, 0.25) is 0 Å². The van der Waals surface area contributed by atoms with Crippen LogP contribution in [0.5, 0.6) is 0 Å². The van der Waals surface area contributed by atoms with Crippen LogP contribution >= 0.6 is 11.6 Å². The third-order valence-electron chi connectivity index (χ3n) is 6.71. The van der Waals surface area contributed by atoms with Crippen molar-refractivity contribution in [1.82, 2.24) is 15.6 Å². The number of anilines is 1. The molecule has 1 amide bonds. The van der Waals surface area contributed by atoms with E-state index in [9.17, 15) is 18.0 Å². The molecule has 2 saturated heterocycles. The summed E-state index contributed by atoms with van der Waals surface area (Å²) in [5, 5.41) is 6.62. The van der Waals surface area contributed by atoms with Gasteiger partial charge in [0.05, 0.1) is 11.3 Å². The van der Waals surface area contributed by atoms with Crippen LogP contribution in [-0.2, 0) is 6.54 Å². The summed E-state index contributed by atoms with van der Waals surface area (Å²) in [4.78, 5) is 19.6. The molecule has 0 aliphatic carbocycles. The minimum atomic E-state index is -0.709. The first-order valence-corrected chi connectivity index (χ1v) is 11.9. The number of carbonyl (C=O) groups excluding carboxylic acids is 1. The second-order valence-electron chi connectivity index (χ2n) is 9.18. The van der Waals surface area contributed by atoms with Crippen LogP contribution in [0.1, 0.15) is 35.2 Å². The van der Waals surface area contributed by atoms with E-state index in [-0.39, 0.29) is 22.7 Å². The summed E-state index contributed by atoms with van der Waals surface area (Å²) in [5.74, 6) is -2.34. The highest BCUT2D eigenvalue weighted by molar-refractivity contribution is 6.30. The quantitative estimate of drug-likeness (QED) is 0.513. The molecule has 5 nitrogen and oxygen atoms in total. The third-order valence-corrected chi connectivity index (χ3v) is 6.93. The molecule has 0 saturated carbocycles. The smallest absolute Gasteiger partial charge is 0.255 e. The van der Waals surface area contributed by atoms with Gasteiger partial charge in [-0.15, -0.1) is 0 Å². The zero-order valence-electron chi connectivity index (χ0n) is 18.9. The van der Waals surface area contributed by atoms with Crippen molar-refractivity contribution in [2.24, 2.45) is 0 Å². The second-order valence-corrected chi connectivity index (χ2v) is 9.62. The van der Waals surface area contributed by atoms with Crippen LogP contribution in [0.4, 0.5) is 18.9 Å². The fourth-order valence-electron chi connectivity index (χ4n) is 5.15. The largest absolute Gasteiger partial charge is 0.368 e. The minimum Gasteiger partial charge on any atom is -0.368 e. The summed E-state index contributed by atoms with van der Waals surface area (Å²) in [5.41, 5.74) is 2.10. The Kier molecular flexibility index (Phi) is 6.42. The Balaban J connectivity index is 1.52. The highest BCUT2D eigenvalue weighted by atomic mass is 35.5. The Hall–Kier alpha value is -3.10. The van der Waals surface area contributed by atoms with E-state index in [2.05, 4.69) is 20.5 Å². The number of hydrogen-bond acceptors (Lipinski definition) is 4. The van der Waals surface area contributed by atoms with Gasteiger partial charge in [0.15, 0.2) is 0 Å². The zero-order chi connectivity index (χ0) is 24.6. The van der Waals surface area contributed by atoms with Crippen molar-refractivity contribution in [3.63, 3.8) is 0 Å². The Morgan fingerprint density at radius 2 is 1.83 bits per heavy atom. The Morgan fingerprint density at radius 1 is 1.06 bits per heavy atom. The van der Waals surface area contributed by atoms with Gasteiger partial charge in [-0.1, -0.05) is 11.6 Å². The van der Waals surface area contributed by atoms with E-state index < -0.39 is 23.4 Å². The molecular weight excluding hydrogens is 477 g/mol. The van der Waals surface area contributed by atoms with E-state index in [4.69, 9.17) is 11.6 Å². The molecule has 2 fully saturated rings. The van der Waals surface area contributed by atoms with Crippen molar-refractivity contribution in [1.29, 1.82) is 0 Å². The molecule has 0 radical (unpaired) electrons. The van der Waals surface area contributed by atoms with Crippen LogP contribution in [0.15, 0.2) is 48.8 Å². The van der Waals surface area contributed by atoms with Crippen LogP contribution < -0.4 is 15.5 Å². The fraction of sp³-hybridized carbons (Fsp3) is 0.308. The Morgan fingerprint density at radius 3 is 2.54 bits per heavy atom. The summed E-state index contributed by atoms with van der Waals surface area (Å²) in [6.45, 7) is 2.35. The van der Waals surface area contributed by atoms with Crippen molar-refractivity contribution in [3.05, 3.63) is 82.4 Å². The van der Waals surface area contributed by atoms with Gasteiger partial charge in [-0.05, 0) is 67.3 Å². The van der Waals surface area contributed by atoms with Crippen molar-refractivity contribution < 1.29 is 18.0 Å². The molecule has 2 aliphatic heterocycles. The average molecular weight is 501 g/mol. The third kappa shape index (κ3) is 4.99. The summed E-state index contributed by atoms with van der Waals surface area (Å²) in [6.07, 6.45) is 5.99. The van der Waals surface area contributed by atoms with Gasteiger partial charge in [-0.3, -0.25) is 9.78 Å². The van der Waals surface area contributed by atoms with Gasteiger partial charge in [0, 0.05) is 54.2 Å². The van der Waals surface area contributed by atoms with Crippen molar-refractivity contribution in [2.75, 3.05) is 24.5 Å². The van der Waals surface area contributed by atoms with Crippen molar-refractivity contribution >= 4 is 23.2 Å². The molecule has 3 heterocycles. The molecule has 5 rings (SSSR count). The van der Waals surface area contributed by atoms with Gasteiger partial charge in [-0.25, -0.2) is 13.2 Å². The van der Waals surface area contributed by atoms with E-state index in [0.717, 1.165) is 31.9 Å². The Labute approximate surface area is 206 Å². The van der Waals surface area contributed by atoms with Crippen LogP contribution in [-0.4, -0.2) is 36.1 Å². The van der Waals surface area contributed by atoms with Gasteiger partial charge >= 0.3 is 0 Å². The second kappa shape index (κ2) is 9.51. The molecule has 2 aromatic carbocycles. The van der Waals surface area contributed by atoms with E-state index in [1.165, 1.54) is 36.7 Å².